The molecule has 3 nitrogen and oxygen atoms in total. The van der Waals surface area contributed by atoms with Crippen molar-refractivity contribution in [3.8, 4) is 6.07 Å². The summed E-state index contributed by atoms with van der Waals surface area (Å²) in [6.45, 7) is 11.3. The lowest BCUT2D eigenvalue weighted by Crippen LogP contribution is -2.56. The van der Waals surface area contributed by atoms with Crippen LogP contribution in [0.2, 0.25) is 0 Å². The van der Waals surface area contributed by atoms with Crippen LogP contribution in [0.15, 0.2) is 46.3 Å². The maximum Gasteiger partial charge on any atom is 0.220 e. The highest BCUT2D eigenvalue weighted by Gasteiger charge is 2.61. The van der Waals surface area contributed by atoms with E-state index in [1.165, 1.54) is 18.4 Å². The van der Waals surface area contributed by atoms with E-state index in [0.29, 0.717) is 22.8 Å². The SMILES string of the molecule is CC1=C(O)C(=O)C=C2C1=CC=C1C2(C)CCC2C3C[C@](C)(C#N)CCC3(C)CCC12C. The molecule has 6 atom stereocenters. The number of ketones is 1. The number of hydrogen-bond acceptors (Lipinski definition) is 3. The lowest BCUT2D eigenvalue weighted by molar-refractivity contribution is -0.114. The summed E-state index contributed by atoms with van der Waals surface area (Å²) >= 11 is 0. The van der Waals surface area contributed by atoms with Gasteiger partial charge in [0.1, 0.15) is 0 Å². The number of carbonyl (C=O) groups is 1. The first-order valence-electron chi connectivity index (χ1n) is 12.0. The van der Waals surface area contributed by atoms with Crippen molar-refractivity contribution >= 4 is 5.78 Å². The molecule has 3 heteroatoms. The van der Waals surface area contributed by atoms with E-state index in [4.69, 9.17) is 0 Å². The number of rotatable bonds is 0. The van der Waals surface area contributed by atoms with Crippen molar-refractivity contribution < 1.29 is 9.90 Å². The Morgan fingerprint density at radius 1 is 1.03 bits per heavy atom. The first kappa shape index (κ1) is 20.8. The Labute approximate surface area is 186 Å². The van der Waals surface area contributed by atoms with Gasteiger partial charge in [-0.2, -0.15) is 5.26 Å². The van der Waals surface area contributed by atoms with E-state index in [0.717, 1.165) is 43.3 Å². The third-order valence-electron chi connectivity index (χ3n) is 10.3. The summed E-state index contributed by atoms with van der Waals surface area (Å²) in [4.78, 5) is 12.5. The maximum atomic E-state index is 12.5. The minimum atomic E-state index is -0.257. The van der Waals surface area contributed by atoms with Gasteiger partial charge < -0.3 is 5.11 Å². The zero-order chi connectivity index (χ0) is 22.4. The number of hydrogen-bond donors (Lipinski definition) is 1. The van der Waals surface area contributed by atoms with Gasteiger partial charge in [-0.25, -0.2) is 0 Å². The van der Waals surface area contributed by atoms with Gasteiger partial charge in [-0.1, -0.05) is 38.5 Å². The molecule has 164 valence electrons. The zero-order valence-electron chi connectivity index (χ0n) is 19.6. The quantitative estimate of drug-likeness (QED) is 0.474. The van der Waals surface area contributed by atoms with E-state index in [1.807, 2.05) is 6.92 Å². The van der Waals surface area contributed by atoms with Gasteiger partial charge in [0.15, 0.2) is 5.76 Å². The van der Waals surface area contributed by atoms with E-state index in [-0.39, 0.29) is 27.8 Å². The molecule has 0 radical (unpaired) electrons. The fourth-order valence-corrected chi connectivity index (χ4v) is 8.14. The van der Waals surface area contributed by atoms with Crippen molar-refractivity contribution in [1.82, 2.24) is 0 Å². The third-order valence-corrected chi connectivity index (χ3v) is 10.3. The van der Waals surface area contributed by atoms with Crippen LogP contribution < -0.4 is 0 Å². The Morgan fingerprint density at radius 3 is 2.45 bits per heavy atom. The maximum absolute atomic E-state index is 12.5. The molecule has 0 aromatic carbocycles. The molecule has 5 rings (SSSR count). The van der Waals surface area contributed by atoms with Gasteiger partial charge >= 0.3 is 0 Å². The average molecular weight is 418 g/mol. The van der Waals surface area contributed by atoms with Crippen LogP contribution in [0.1, 0.15) is 79.6 Å². The second-order valence-corrected chi connectivity index (χ2v) is 12.1. The van der Waals surface area contributed by atoms with Crippen LogP contribution in [0.4, 0.5) is 0 Å². The zero-order valence-corrected chi connectivity index (χ0v) is 19.6. The Balaban J connectivity index is 1.60. The molecule has 5 aliphatic rings. The second kappa shape index (κ2) is 6.25. The summed E-state index contributed by atoms with van der Waals surface area (Å²) in [6.07, 6.45) is 13.9. The van der Waals surface area contributed by atoms with Crippen LogP contribution in [0.5, 0.6) is 0 Å². The van der Waals surface area contributed by atoms with Gasteiger partial charge in [0.25, 0.3) is 0 Å². The molecule has 3 saturated carbocycles. The number of nitriles is 1. The summed E-state index contributed by atoms with van der Waals surface area (Å²) in [6, 6.07) is 2.65. The minimum absolute atomic E-state index is 0.0912. The predicted octanol–water partition coefficient (Wildman–Crippen LogP) is 6.75. The van der Waals surface area contributed by atoms with Gasteiger partial charge in [-0.15, -0.1) is 0 Å². The Hall–Kier alpha value is -2.08. The van der Waals surface area contributed by atoms with E-state index in [2.05, 4.69) is 45.9 Å². The van der Waals surface area contributed by atoms with Crippen molar-refractivity contribution in [3.05, 3.63) is 46.3 Å². The molecule has 0 aliphatic heterocycles. The molecule has 0 saturated heterocycles. The van der Waals surface area contributed by atoms with E-state index in [9.17, 15) is 15.2 Å². The highest BCUT2D eigenvalue weighted by atomic mass is 16.3. The van der Waals surface area contributed by atoms with Gasteiger partial charge in [0.2, 0.25) is 5.78 Å². The summed E-state index contributed by atoms with van der Waals surface area (Å²) in [7, 11) is 0. The lowest BCUT2D eigenvalue weighted by atomic mass is 9.40. The van der Waals surface area contributed by atoms with Crippen LogP contribution in [0.25, 0.3) is 0 Å². The Bertz CT molecular complexity index is 1050. The van der Waals surface area contributed by atoms with Crippen LogP contribution in [-0.4, -0.2) is 10.9 Å². The van der Waals surface area contributed by atoms with Crippen LogP contribution in [0.3, 0.4) is 0 Å². The Morgan fingerprint density at radius 2 is 1.74 bits per heavy atom. The van der Waals surface area contributed by atoms with Gasteiger partial charge in [0, 0.05) is 11.0 Å². The molecule has 3 fully saturated rings. The van der Waals surface area contributed by atoms with Crippen LogP contribution >= 0.6 is 0 Å². The minimum Gasteiger partial charge on any atom is -0.504 e. The molecule has 0 spiro atoms. The fourth-order valence-electron chi connectivity index (χ4n) is 8.14. The molecule has 0 heterocycles. The average Bonchev–Trinajstić information content (AvgIpc) is 2.73. The number of aliphatic hydroxyl groups excluding tert-OH is 1. The molecule has 0 aromatic heterocycles. The molecule has 0 amide bonds. The molecule has 5 aliphatic carbocycles. The van der Waals surface area contributed by atoms with Crippen molar-refractivity contribution in [2.45, 2.75) is 79.6 Å². The van der Waals surface area contributed by atoms with E-state index in [1.54, 1.807) is 6.08 Å². The summed E-state index contributed by atoms with van der Waals surface area (Å²) in [5, 5.41) is 20.1. The summed E-state index contributed by atoms with van der Waals surface area (Å²) in [5.74, 6) is 0.793. The third kappa shape index (κ3) is 2.60. The molecule has 0 aromatic rings. The van der Waals surface area contributed by atoms with E-state index >= 15 is 0 Å². The molecule has 1 N–H and O–H groups in total. The number of nitrogens with zero attached hydrogens (tertiary/aromatic N) is 1. The predicted molar refractivity (Wildman–Crippen MR) is 122 cm³/mol. The number of carbonyl (C=O) groups excluding carboxylic acids is 1. The monoisotopic (exact) mass is 417 g/mol. The lowest BCUT2D eigenvalue weighted by Gasteiger charge is -2.64. The van der Waals surface area contributed by atoms with Gasteiger partial charge in [-0.3, -0.25) is 4.79 Å². The normalized spacial score (nSPS) is 46.5. The fraction of sp³-hybridized carbons (Fsp3) is 0.643. The van der Waals surface area contributed by atoms with Crippen molar-refractivity contribution in [2.24, 2.45) is 33.5 Å². The first-order valence-corrected chi connectivity index (χ1v) is 12.0. The standard InChI is InChI=1S/C28H35NO2/c1-17-18-6-7-23-27(4,20(18)14-22(30)24(17)31)9-8-19-21-15-25(2,16-29)10-11-26(21,3)12-13-28(19,23)5/h6-7,14,19,21,31H,8-13,15H2,1-5H3/t19?,21?,25-,26?,27?,28?/m1/s1. The van der Waals surface area contributed by atoms with Crippen molar-refractivity contribution in [1.29, 1.82) is 5.26 Å². The molecule has 31 heavy (non-hydrogen) atoms. The highest BCUT2D eigenvalue weighted by Crippen LogP contribution is 2.70. The number of allylic oxidation sites excluding steroid dienone is 7. The summed E-state index contributed by atoms with van der Waals surface area (Å²) in [5.41, 5.74) is 4.38. The second-order valence-electron chi connectivity index (χ2n) is 12.1. The number of aliphatic hydroxyl groups is 1. The molecule has 5 unspecified atom stereocenters. The smallest absolute Gasteiger partial charge is 0.220 e. The van der Waals surface area contributed by atoms with Gasteiger partial charge in [0.05, 0.1) is 11.5 Å². The van der Waals surface area contributed by atoms with Crippen LogP contribution in [0, 0.1) is 44.8 Å². The first-order chi connectivity index (χ1) is 14.5. The number of fused-ring (bicyclic) bond motifs is 7. The summed E-state index contributed by atoms with van der Waals surface area (Å²) < 4.78 is 0. The van der Waals surface area contributed by atoms with Crippen LogP contribution in [-0.2, 0) is 4.79 Å². The van der Waals surface area contributed by atoms with Gasteiger partial charge in [-0.05, 0) is 98.7 Å². The topological polar surface area (TPSA) is 61.1 Å². The highest BCUT2D eigenvalue weighted by molar-refractivity contribution is 6.06. The molecular formula is C28H35NO2. The van der Waals surface area contributed by atoms with E-state index < -0.39 is 0 Å². The van der Waals surface area contributed by atoms with Crippen molar-refractivity contribution in [2.75, 3.05) is 0 Å². The van der Waals surface area contributed by atoms with Crippen molar-refractivity contribution in [3.63, 3.8) is 0 Å². The largest absolute Gasteiger partial charge is 0.504 e. The molecular weight excluding hydrogens is 382 g/mol. The Kier molecular flexibility index (Phi) is 4.19. The molecule has 0 bridgehead atoms.